The Morgan fingerprint density at radius 1 is 1.35 bits per heavy atom. The van der Waals surface area contributed by atoms with Gasteiger partial charge in [0.1, 0.15) is 0 Å². The van der Waals surface area contributed by atoms with E-state index in [2.05, 4.69) is 5.32 Å². The number of hydrogen-bond donors (Lipinski definition) is 3. The van der Waals surface area contributed by atoms with Crippen LogP contribution in [-0.2, 0) is 13.0 Å². The normalized spacial score (nSPS) is 13.9. The molecule has 1 aliphatic rings. The Morgan fingerprint density at radius 2 is 2.12 bits per heavy atom. The van der Waals surface area contributed by atoms with Crippen LogP contribution in [0.1, 0.15) is 21.5 Å². The van der Waals surface area contributed by atoms with Gasteiger partial charge in [-0.3, -0.25) is 10.1 Å². The first-order valence-electron chi connectivity index (χ1n) is 5.14. The van der Waals surface area contributed by atoms with Crippen molar-refractivity contribution < 1.29 is 14.7 Å². The number of imide groups is 1. The third kappa shape index (κ3) is 2.57. The Hall–Kier alpha value is -1.59. The molecule has 3 N–H and O–H groups in total. The molecule has 2 amide bonds. The van der Waals surface area contributed by atoms with Gasteiger partial charge in [0.25, 0.3) is 5.91 Å². The molecule has 1 heterocycles. The van der Waals surface area contributed by atoms with Crippen molar-refractivity contribution >= 4 is 23.6 Å². The van der Waals surface area contributed by atoms with Crippen LogP contribution in [0.4, 0.5) is 4.79 Å². The average molecular weight is 255 g/mol. The van der Waals surface area contributed by atoms with Crippen molar-refractivity contribution in [2.24, 2.45) is 0 Å². The van der Waals surface area contributed by atoms with E-state index in [1.807, 2.05) is 0 Å². The minimum Gasteiger partial charge on any atom is -0.465 e. The molecule has 0 saturated carbocycles. The van der Waals surface area contributed by atoms with Gasteiger partial charge in [-0.2, -0.15) is 0 Å². The number of benzene rings is 1. The molecule has 6 heteroatoms. The topological polar surface area (TPSA) is 78.4 Å². The molecule has 1 aromatic rings. The van der Waals surface area contributed by atoms with Gasteiger partial charge in [0.15, 0.2) is 0 Å². The molecule has 0 fully saturated rings. The van der Waals surface area contributed by atoms with Crippen LogP contribution >= 0.6 is 11.6 Å². The van der Waals surface area contributed by atoms with Gasteiger partial charge < -0.3 is 10.4 Å². The highest BCUT2D eigenvalue weighted by molar-refractivity contribution is 6.34. The van der Waals surface area contributed by atoms with Gasteiger partial charge in [-0.25, -0.2) is 4.79 Å². The summed E-state index contributed by atoms with van der Waals surface area (Å²) in [5.74, 6) is -0.691. The fourth-order valence-corrected chi connectivity index (χ4v) is 2.11. The van der Waals surface area contributed by atoms with Crippen molar-refractivity contribution in [3.8, 4) is 0 Å². The Kier molecular flexibility index (Phi) is 3.31. The van der Waals surface area contributed by atoms with Gasteiger partial charge in [0, 0.05) is 6.54 Å². The average Bonchev–Trinajstić information content (AvgIpc) is 2.27. The Balaban J connectivity index is 2.34. The number of nitrogens with one attached hydrogen (secondary N) is 2. The van der Waals surface area contributed by atoms with Crippen molar-refractivity contribution in [1.29, 1.82) is 0 Å². The molecule has 1 aromatic carbocycles. The molecular weight excluding hydrogens is 244 g/mol. The van der Waals surface area contributed by atoms with E-state index in [1.165, 1.54) is 0 Å². The van der Waals surface area contributed by atoms with Crippen LogP contribution in [0.5, 0.6) is 0 Å². The van der Waals surface area contributed by atoms with Crippen molar-refractivity contribution in [3.63, 3.8) is 0 Å². The summed E-state index contributed by atoms with van der Waals surface area (Å²) >= 11 is 5.96. The lowest BCUT2D eigenvalue weighted by molar-refractivity contribution is 0.0948. The lowest BCUT2D eigenvalue weighted by Gasteiger charge is -2.18. The fourth-order valence-electron chi connectivity index (χ4n) is 1.84. The summed E-state index contributed by atoms with van der Waals surface area (Å²) in [5.41, 5.74) is 2.28. The fraction of sp³-hybridized carbons (Fsp3) is 0.273. The lowest BCUT2D eigenvalue weighted by atomic mass is 9.98. The minimum absolute atomic E-state index is 0.203. The van der Waals surface area contributed by atoms with Crippen molar-refractivity contribution in [1.82, 2.24) is 10.6 Å². The second-order valence-electron chi connectivity index (χ2n) is 3.79. The molecule has 2 rings (SSSR count). The highest BCUT2D eigenvalue weighted by Gasteiger charge is 2.17. The molecule has 90 valence electrons. The quantitative estimate of drug-likeness (QED) is 0.708. The summed E-state index contributed by atoms with van der Waals surface area (Å²) in [6.07, 6.45) is -0.578. The summed E-state index contributed by atoms with van der Waals surface area (Å²) in [4.78, 5) is 22.0. The predicted molar refractivity (Wildman–Crippen MR) is 62.4 cm³/mol. The monoisotopic (exact) mass is 254 g/mol. The van der Waals surface area contributed by atoms with Crippen LogP contribution in [0.15, 0.2) is 12.1 Å². The Labute approximate surface area is 103 Å². The number of hydrogen-bond acceptors (Lipinski definition) is 3. The number of halogens is 1. The Bertz CT molecular complexity index is 488. The molecule has 0 atom stereocenters. The third-order valence-corrected chi connectivity index (χ3v) is 2.95. The minimum atomic E-state index is -1.38. The number of amides is 2. The number of carbonyl (C=O) groups is 2. The van der Waals surface area contributed by atoms with Crippen molar-refractivity contribution in [2.75, 3.05) is 6.54 Å². The van der Waals surface area contributed by atoms with Crippen molar-refractivity contribution in [3.05, 3.63) is 33.8 Å². The second kappa shape index (κ2) is 4.73. The molecule has 0 bridgehead atoms. The van der Waals surface area contributed by atoms with E-state index in [1.54, 1.807) is 17.4 Å². The zero-order chi connectivity index (χ0) is 12.4. The molecule has 0 unspecified atom stereocenters. The zero-order valence-electron chi connectivity index (χ0n) is 8.92. The van der Waals surface area contributed by atoms with E-state index in [9.17, 15) is 9.59 Å². The Morgan fingerprint density at radius 3 is 2.82 bits per heavy atom. The number of carboxylic acid groups (broad SMARTS) is 1. The highest BCUT2D eigenvalue weighted by atomic mass is 35.5. The van der Waals surface area contributed by atoms with Gasteiger partial charge in [0.2, 0.25) is 0 Å². The largest absolute Gasteiger partial charge is 0.465 e. The van der Waals surface area contributed by atoms with Crippen LogP contribution in [0, 0.1) is 0 Å². The SMILES string of the molecule is O=C(O)NC(=O)c1cc2c(cc1Cl)CNCC2. The molecule has 0 radical (unpaired) electrons. The summed E-state index contributed by atoms with van der Waals surface area (Å²) in [7, 11) is 0. The first-order chi connectivity index (χ1) is 8.08. The van der Waals surface area contributed by atoms with E-state index in [0.29, 0.717) is 0 Å². The van der Waals surface area contributed by atoms with Crippen LogP contribution < -0.4 is 10.6 Å². The van der Waals surface area contributed by atoms with E-state index < -0.39 is 12.0 Å². The summed E-state index contributed by atoms with van der Waals surface area (Å²) < 4.78 is 0. The second-order valence-corrected chi connectivity index (χ2v) is 4.19. The molecule has 0 aromatic heterocycles. The molecular formula is C11H11ClN2O3. The molecule has 0 saturated heterocycles. The van der Waals surface area contributed by atoms with Gasteiger partial charge in [0.05, 0.1) is 10.6 Å². The zero-order valence-corrected chi connectivity index (χ0v) is 9.67. The molecule has 0 spiro atoms. The molecule has 1 aliphatic heterocycles. The predicted octanol–water partition coefficient (Wildman–Crippen LogP) is 1.39. The maximum Gasteiger partial charge on any atom is 0.411 e. The first kappa shape index (κ1) is 11.9. The van der Waals surface area contributed by atoms with Gasteiger partial charge in [-0.05, 0) is 36.2 Å². The summed E-state index contributed by atoms with van der Waals surface area (Å²) in [6.45, 7) is 1.56. The van der Waals surface area contributed by atoms with Crippen LogP contribution in [0.2, 0.25) is 5.02 Å². The number of carbonyl (C=O) groups excluding carboxylic acids is 1. The van der Waals surface area contributed by atoms with Crippen LogP contribution in [0.3, 0.4) is 0 Å². The van der Waals surface area contributed by atoms with E-state index >= 15 is 0 Å². The third-order valence-electron chi connectivity index (χ3n) is 2.64. The van der Waals surface area contributed by atoms with Crippen LogP contribution in [0.25, 0.3) is 0 Å². The number of rotatable bonds is 1. The standard InChI is InChI=1S/C11H11ClN2O3/c12-9-4-7-5-13-2-1-6(7)3-8(9)10(15)14-11(16)17/h3-4,13H,1-2,5H2,(H,14,15)(H,16,17). The van der Waals surface area contributed by atoms with Gasteiger partial charge in [-0.1, -0.05) is 11.6 Å². The molecule has 5 nitrogen and oxygen atoms in total. The smallest absolute Gasteiger partial charge is 0.411 e. The maximum atomic E-state index is 11.6. The lowest BCUT2D eigenvalue weighted by Crippen LogP contribution is -2.30. The number of fused-ring (bicyclic) bond motifs is 1. The van der Waals surface area contributed by atoms with Gasteiger partial charge >= 0.3 is 6.09 Å². The summed E-state index contributed by atoms with van der Waals surface area (Å²) in [6, 6.07) is 3.37. The van der Waals surface area contributed by atoms with Gasteiger partial charge in [-0.15, -0.1) is 0 Å². The van der Waals surface area contributed by atoms with E-state index in [4.69, 9.17) is 16.7 Å². The van der Waals surface area contributed by atoms with E-state index in [-0.39, 0.29) is 10.6 Å². The van der Waals surface area contributed by atoms with Crippen LogP contribution in [-0.4, -0.2) is 23.7 Å². The first-order valence-corrected chi connectivity index (χ1v) is 5.52. The highest BCUT2D eigenvalue weighted by Crippen LogP contribution is 2.23. The molecule has 17 heavy (non-hydrogen) atoms. The van der Waals surface area contributed by atoms with Crippen molar-refractivity contribution in [2.45, 2.75) is 13.0 Å². The van der Waals surface area contributed by atoms with E-state index in [0.717, 1.165) is 30.6 Å². The maximum absolute atomic E-state index is 11.6. The molecule has 0 aliphatic carbocycles. The summed E-state index contributed by atoms with van der Waals surface area (Å²) in [5, 5.41) is 13.7.